The molecule has 112 valence electrons. The summed E-state index contributed by atoms with van der Waals surface area (Å²) in [5, 5.41) is 1.24. The van der Waals surface area contributed by atoms with E-state index in [1.54, 1.807) is 0 Å². The van der Waals surface area contributed by atoms with Gasteiger partial charge in [-0.15, -0.1) is 0 Å². The van der Waals surface area contributed by atoms with Crippen LogP contribution in [-0.4, -0.2) is 22.3 Å². The summed E-state index contributed by atoms with van der Waals surface area (Å²) in [4.78, 5) is 2.07. The van der Waals surface area contributed by atoms with Gasteiger partial charge in [0, 0.05) is 24.4 Å². The lowest BCUT2D eigenvalue weighted by Gasteiger charge is -2.21. The minimum Gasteiger partial charge on any atom is -0.358 e. The van der Waals surface area contributed by atoms with E-state index in [-0.39, 0.29) is 15.1 Å². The van der Waals surface area contributed by atoms with E-state index in [9.17, 15) is 0 Å². The van der Waals surface area contributed by atoms with Gasteiger partial charge in [-0.1, -0.05) is 82.0 Å². The number of thiocarbonyl (C=S) groups is 1. The van der Waals surface area contributed by atoms with Crippen molar-refractivity contribution < 1.29 is 0 Å². The van der Waals surface area contributed by atoms with Gasteiger partial charge in [0.15, 0.2) is 0 Å². The Hall–Kier alpha value is 0.910. The monoisotopic (exact) mass is 409 g/mol. The van der Waals surface area contributed by atoms with E-state index in [0.717, 1.165) is 17.4 Å². The first kappa shape index (κ1) is 19.0. The first-order chi connectivity index (χ1) is 9.34. The predicted octanol–water partition coefficient (Wildman–Crippen LogP) is 6.81. The number of rotatable bonds is 4. The molecular weight excluding hydrogens is 400 g/mol. The van der Waals surface area contributed by atoms with Crippen molar-refractivity contribution in [1.82, 2.24) is 4.90 Å². The second kappa shape index (κ2) is 8.52. The summed E-state index contributed by atoms with van der Waals surface area (Å²) in [7, 11) is 0. The molecule has 0 heterocycles. The first-order valence-electron chi connectivity index (χ1n) is 5.77. The molecule has 0 aliphatic heterocycles. The fraction of sp³-hybridized carbons (Fsp3) is 0.417. The van der Waals surface area contributed by atoms with Gasteiger partial charge in [0.05, 0.1) is 25.1 Å². The van der Waals surface area contributed by atoms with Gasteiger partial charge in [0.1, 0.15) is 4.32 Å². The number of halogens is 5. The molecule has 0 amide bonds. The van der Waals surface area contributed by atoms with Crippen molar-refractivity contribution in [3.63, 3.8) is 0 Å². The van der Waals surface area contributed by atoms with Gasteiger partial charge in [-0.25, -0.2) is 0 Å². The van der Waals surface area contributed by atoms with Crippen molar-refractivity contribution in [1.29, 1.82) is 0 Å². The van der Waals surface area contributed by atoms with E-state index in [1.165, 1.54) is 11.8 Å². The van der Waals surface area contributed by atoms with Gasteiger partial charge in [0.25, 0.3) is 0 Å². The molecule has 0 fully saturated rings. The third-order valence-corrected chi connectivity index (χ3v) is 6.57. The summed E-state index contributed by atoms with van der Waals surface area (Å²) >= 11 is 37.2. The van der Waals surface area contributed by atoms with Gasteiger partial charge in [-0.3, -0.25) is 0 Å². The van der Waals surface area contributed by atoms with Crippen molar-refractivity contribution in [3.8, 4) is 0 Å². The molecule has 0 aliphatic carbocycles. The average molecular weight is 412 g/mol. The van der Waals surface area contributed by atoms with Crippen LogP contribution >= 0.6 is 82.0 Å². The minimum atomic E-state index is 0.170. The van der Waals surface area contributed by atoms with E-state index in [1.807, 2.05) is 13.8 Å². The Labute approximate surface area is 153 Å². The molecule has 1 aromatic carbocycles. The quantitative estimate of drug-likeness (QED) is 0.304. The number of hydrogen-bond donors (Lipinski definition) is 0. The standard InChI is InChI=1S/C12H12Cl5NS2/c1-3-18(4-2)12(19)20-5-6-7(13)9(15)11(17)10(16)8(6)14/h3-5H2,1-2H3. The Balaban J connectivity index is 2.97. The molecule has 20 heavy (non-hydrogen) atoms. The van der Waals surface area contributed by atoms with Gasteiger partial charge >= 0.3 is 0 Å². The van der Waals surface area contributed by atoms with Crippen molar-refractivity contribution in [2.45, 2.75) is 19.6 Å². The van der Waals surface area contributed by atoms with Gasteiger partial charge in [-0.05, 0) is 13.8 Å². The molecule has 0 atom stereocenters. The molecule has 0 aliphatic rings. The molecule has 0 aromatic heterocycles. The van der Waals surface area contributed by atoms with Crippen LogP contribution in [0.15, 0.2) is 0 Å². The molecule has 0 bridgehead atoms. The van der Waals surface area contributed by atoms with Crippen molar-refractivity contribution in [2.75, 3.05) is 13.1 Å². The highest BCUT2D eigenvalue weighted by Crippen LogP contribution is 2.45. The zero-order chi connectivity index (χ0) is 15.4. The van der Waals surface area contributed by atoms with Crippen LogP contribution in [0.3, 0.4) is 0 Å². The number of thioether (sulfide) groups is 1. The average Bonchev–Trinajstić information content (AvgIpc) is 2.44. The molecule has 1 rings (SSSR count). The summed E-state index contributed by atoms with van der Waals surface area (Å²) in [5.41, 5.74) is 0.646. The first-order valence-corrected chi connectivity index (χ1v) is 9.05. The van der Waals surface area contributed by atoms with Gasteiger partial charge in [-0.2, -0.15) is 0 Å². The van der Waals surface area contributed by atoms with E-state index >= 15 is 0 Å². The molecule has 1 nitrogen and oxygen atoms in total. The van der Waals surface area contributed by atoms with Crippen LogP contribution in [0.5, 0.6) is 0 Å². The molecule has 0 saturated heterocycles. The highest BCUT2D eigenvalue weighted by atomic mass is 35.5. The SMILES string of the molecule is CCN(CC)C(=S)SCc1c(Cl)c(Cl)c(Cl)c(Cl)c1Cl. The maximum atomic E-state index is 6.18. The fourth-order valence-electron chi connectivity index (χ4n) is 1.48. The van der Waals surface area contributed by atoms with Crippen LogP contribution in [0, 0.1) is 0 Å². The van der Waals surface area contributed by atoms with Crippen LogP contribution in [0.25, 0.3) is 0 Å². The van der Waals surface area contributed by atoms with Gasteiger partial charge < -0.3 is 4.90 Å². The van der Waals surface area contributed by atoms with Crippen molar-refractivity contribution in [3.05, 3.63) is 30.7 Å². The summed E-state index contributed by atoms with van der Waals surface area (Å²) in [6.45, 7) is 5.80. The molecule has 0 N–H and O–H groups in total. The van der Waals surface area contributed by atoms with E-state index in [2.05, 4.69) is 4.90 Å². The van der Waals surface area contributed by atoms with Gasteiger partial charge in [0.2, 0.25) is 0 Å². The van der Waals surface area contributed by atoms with Crippen LogP contribution in [0.2, 0.25) is 25.1 Å². The molecule has 8 heteroatoms. The predicted molar refractivity (Wildman–Crippen MR) is 98.3 cm³/mol. The van der Waals surface area contributed by atoms with E-state index in [4.69, 9.17) is 70.2 Å². The second-order valence-electron chi connectivity index (χ2n) is 3.78. The Morgan fingerprint density at radius 1 is 0.900 bits per heavy atom. The Morgan fingerprint density at radius 2 is 1.30 bits per heavy atom. The third-order valence-electron chi connectivity index (χ3n) is 2.66. The maximum absolute atomic E-state index is 6.18. The van der Waals surface area contributed by atoms with E-state index < -0.39 is 0 Å². The fourth-order valence-corrected chi connectivity index (χ4v) is 4.39. The highest BCUT2D eigenvalue weighted by Gasteiger charge is 2.20. The summed E-state index contributed by atoms with van der Waals surface area (Å²) in [6, 6.07) is 0. The maximum Gasteiger partial charge on any atom is 0.136 e. The van der Waals surface area contributed by atoms with Crippen LogP contribution in [-0.2, 0) is 5.75 Å². The normalized spacial score (nSPS) is 10.8. The third kappa shape index (κ3) is 4.22. The number of hydrogen-bond acceptors (Lipinski definition) is 2. The van der Waals surface area contributed by atoms with Crippen LogP contribution < -0.4 is 0 Å². The number of benzene rings is 1. The molecule has 0 spiro atoms. The topological polar surface area (TPSA) is 3.24 Å². The second-order valence-corrected chi connectivity index (χ2v) is 7.27. The van der Waals surface area contributed by atoms with Crippen molar-refractivity contribution >= 4 is 86.3 Å². The molecule has 0 radical (unpaired) electrons. The van der Waals surface area contributed by atoms with E-state index in [0.29, 0.717) is 21.4 Å². The largest absolute Gasteiger partial charge is 0.358 e. The molecule has 0 saturated carbocycles. The smallest absolute Gasteiger partial charge is 0.136 e. The Bertz CT molecular complexity index is 488. The van der Waals surface area contributed by atoms with Crippen LogP contribution in [0.4, 0.5) is 0 Å². The lowest BCUT2D eigenvalue weighted by atomic mass is 10.2. The Kier molecular flexibility index (Phi) is 8.07. The summed E-state index contributed by atoms with van der Waals surface area (Å²) in [6.07, 6.45) is 0. The summed E-state index contributed by atoms with van der Waals surface area (Å²) < 4.78 is 0.782. The Morgan fingerprint density at radius 3 is 1.70 bits per heavy atom. The molecule has 1 aromatic rings. The van der Waals surface area contributed by atoms with Crippen LogP contribution in [0.1, 0.15) is 19.4 Å². The lowest BCUT2D eigenvalue weighted by molar-refractivity contribution is 0.482. The number of nitrogens with zero attached hydrogens (tertiary/aromatic N) is 1. The highest BCUT2D eigenvalue weighted by molar-refractivity contribution is 8.22. The molecule has 0 unspecified atom stereocenters. The van der Waals surface area contributed by atoms with Crippen molar-refractivity contribution in [2.24, 2.45) is 0 Å². The minimum absolute atomic E-state index is 0.170. The zero-order valence-electron chi connectivity index (χ0n) is 10.8. The lowest BCUT2D eigenvalue weighted by Crippen LogP contribution is -2.26. The zero-order valence-corrected chi connectivity index (χ0v) is 16.2. The summed E-state index contributed by atoms with van der Waals surface area (Å²) in [5.74, 6) is 0.490. The molecular formula is C12H12Cl5NS2.